The largest absolute Gasteiger partial charge is 0.369 e. The molecular weight excluding hydrogens is 486 g/mol. The van der Waals surface area contributed by atoms with E-state index in [1.807, 2.05) is 24.3 Å². The number of aliphatic imine (C=N–C) groups is 1. The maximum Gasteiger partial charge on any atom is 0.254 e. The van der Waals surface area contributed by atoms with E-state index in [0.717, 1.165) is 35.8 Å². The first-order valence-corrected chi connectivity index (χ1v) is 15.6. The van der Waals surface area contributed by atoms with Gasteiger partial charge in [0.2, 0.25) is 5.91 Å². The Kier molecular flexibility index (Phi) is 12.8. The van der Waals surface area contributed by atoms with E-state index in [2.05, 4.69) is 25.8 Å². The third-order valence-electron chi connectivity index (χ3n) is 8.37. The average Bonchev–Trinajstić information content (AvgIpc) is 3.22. The van der Waals surface area contributed by atoms with Crippen LogP contribution in [0, 0.1) is 11.8 Å². The molecule has 0 spiro atoms. The van der Waals surface area contributed by atoms with Crippen molar-refractivity contribution >= 4 is 17.8 Å². The predicted molar refractivity (Wildman–Crippen MR) is 160 cm³/mol. The molecule has 39 heavy (non-hydrogen) atoms. The van der Waals surface area contributed by atoms with Crippen LogP contribution in [0.4, 0.5) is 0 Å². The highest BCUT2D eigenvalue weighted by atomic mass is 16.2. The summed E-state index contributed by atoms with van der Waals surface area (Å²) in [5, 5.41) is 0. The quantitative estimate of drug-likeness (QED) is 0.431. The smallest absolute Gasteiger partial charge is 0.254 e. The molecular formula is C32H53N5O2. The minimum atomic E-state index is -0.344. The zero-order valence-corrected chi connectivity index (χ0v) is 24.7. The van der Waals surface area contributed by atoms with Crippen LogP contribution in [0.2, 0.25) is 0 Å². The average molecular weight is 540 g/mol. The van der Waals surface area contributed by atoms with Gasteiger partial charge in [-0.05, 0) is 35.8 Å². The Hall–Kier alpha value is -2.41. The minimum Gasteiger partial charge on any atom is -0.369 e. The molecule has 7 nitrogen and oxygen atoms in total. The Morgan fingerprint density at radius 2 is 1.36 bits per heavy atom. The topological polar surface area (TPSA) is 105 Å². The summed E-state index contributed by atoms with van der Waals surface area (Å²) in [6.07, 6.45) is 17.1. The second-order valence-electron chi connectivity index (χ2n) is 12.1. The second kappa shape index (κ2) is 16.0. The zero-order chi connectivity index (χ0) is 28.2. The Balaban J connectivity index is 0.000000356. The lowest BCUT2D eigenvalue weighted by Gasteiger charge is -2.36. The highest BCUT2D eigenvalue weighted by Gasteiger charge is 2.34. The molecule has 1 aromatic rings. The molecule has 218 valence electrons. The van der Waals surface area contributed by atoms with Gasteiger partial charge in [-0.25, -0.2) is 4.99 Å². The molecule has 5 rings (SSSR count). The molecule has 7 heteroatoms. The SMILES string of the molecule is CC1CCCCC1.CCC.NC1=NC(CCC2CCCCC2)C(=O)N1Cc1ccc(CN2CC(N)C2=O)cc1. The first kappa shape index (κ1) is 31.1. The van der Waals surface area contributed by atoms with Gasteiger partial charge < -0.3 is 16.4 Å². The molecule has 2 aliphatic heterocycles. The first-order chi connectivity index (χ1) is 18.8. The van der Waals surface area contributed by atoms with Crippen molar-refractivity contribution in [1.29, 1.82) is 0 Å². The van der Waals surface area contributed by atoms with Crippen LogP contribution in [0.5, 0.6) is 0 Å². The number of amides is 2. The van der Waals surface area contributed by atoms with Gasteiger partial charge in [-0.3, -0.25) is 14.5 Å². The molecule has 0 radical (unpaired) electrons. The monoisotopic (exact) mass is 539 g/mol. The van der Waals surface area contributed by atoms with Crippen LogP contribution in [0.3, 0.4) is 0 Å². The molecule has 2 heterocycles. The number of nitrogens with two attached hydrogens (primary N) is 2. The van der Waals surface area contributed by atoms with Crippen molar-refractivity contribution in [3.8, 4) is 0 Å². The van der Waals surface area contributed by atoms with Gasteiger partial charge in [-0.15, -0.1) is 0 Å². The lowest BCUT2D eigenvalue weighted by Crippen LogP contribution is -2.60. The zero-order valence-electron chi connectivity index (χ0n) is 24.7. The summed E-state index contributed by atoms with van der Waals surface area (Å²) in [5.74, 6) is 2.12. The lowest BCUT2D eigenvalue weighted by molar-refractivity contribution is -0.143. The van der Waals surface area contributed by atoms with Crippen molar-refractivity contribution in [3.05, 3.63) is 35.4 Å². The third kappa shape index (κ3) is 9.63. The molecule has 2 atom stereocenters. The van der Waals surface area contributed by atoms with Crippen molar-refractivity contribution in [2.45, 2.75) is 129 Å². The number of nitrogens with zero attached hydrogens (tertiary/aromatic N) is 3. The number of guanidine groups is 1. The van der Waals surface area contributed by atoms with E-state index >= 15 is 0 Å². The number of carbonyl (C=O) groups excluding carboxylic acids is 2. The van der Waals surface area contributed by atoms with Crippen molar-refractivity contribution < 1.29 is 9.59 Å². The van der Waals surface area contributed by atoms with Gasteiger partial charge >= 0.3 is 0 Å². The Morgan fingerprint density at radius 3 is 1.85 bits per heavy atom. The Bertz CT molecular complexity index is 919. The van der Waals surface area contributed by atoms with Gasteiger partial charge in [0.15, 0.2) is 5.96 Å². The molecule has 1 aromatic carbocycles. The molecule has 2 unspecified atom stereocenters. The first-order valence-electron chi connectivity index (χ1n) is 15.6. The maximum absolute atomic E-state index is 12.8. The van der Waals surface area contributed by atoms with Crippen molar-refractivity contribution in [2.75, 3.05) is 6.54 Å². The summed E-state index contributed by atoms with van der Waals surface area (Å²) in [7, 11) is 0. The van der Waals surface area contributed by atoms with E-state index in [9.17, 15) is 9.59 Å². The number of hydrogen-bond acceptors (Lipinski definition) is 5. The van der Waals surface area contributed by atoms with Crippen LogP contribution < -0.4 is 11.5 Å². The Labute approximate surface area is 236 Å². The standard InChI is InChI=1S/C22H31N5O2.C7H14.C3H8/c23-18-14-26(20(18)28)12-16-6-8-17(9-7-16)13-27-21(29)19(25-22(27)24)11-10-15-4-2-1-3-5-15;1-7-5-3-2-4-6-7;1-3-2/h6-9,15,18-19H,1-5,10-14,23H2,(H2,24,25);7H,2-6H2,1H3;3H2,1-2H3. The summed E-state index contributed by atoms with van der Waals surface area (Å²) in [4.78, 5) is 32.2. The number of β-lactam (4-membered cyclic amide) rings is 1. The fraction of sp³-hybridized carbons (Fsp3) is 0.719. The highest BCUT2D eigenvalue weighted by molar-refractivity contribution is 6.04. The summed E-state index contributed by atoms with van der Waals surface area (Å²) in [6, 6.07) is 7.27. The third-order valence-corrected chi connectivity index (χ3v) is 8.37. The van der Waals surface area contributed by atoms with E-state index in [1.54, 1.807) is 9.80 Å². The van der Waals surface area contributed by atoms with E-state index in [0.29, 0.717) is 25.6 Å². The molecule has 4 aliphatic rings. The molecule has 2 amide bonds. The summed E-state index contributed by atoms with van der Waals surface area (Å²) < 4.78 is 0. The fourth-order valence-electron chi connectivity index (χ4n) is 5.92. The van der Waals surface area contributed by atoms with E-state index in [-0.39, 0.29) is 23.9 Å². The molecule has 2 saturated carbocycles. The molecule has 2 aliphatic carbocycles. The van der Waals surface area contributed by atoms with Gasteiger partial charge in [0.05, 0.1) is 6.54 Å². The van der Waals surface area contributed by atoms with Gasteiger partial charge in [0, 0.05) is 13.1 Å². The number of carbonyl (C=O) groups is 2. The summed E-state index contributed by atoms with van der Waals surface area (Å²) in [5.41, 5.74) is 13.7. The van der Waals surface area contributed by atoms with Crippen LogP contribution in [0.1, 0.15) is 115 Å². The second-order valence-corrected chi connectivity index (χ2v) is 12.1. The normalized spacial score (nSPS) is 23.8. The minimum absolute atomic E-state index is 0.00000593. The molecule has 0 aromatic heterocycles. The predicted octanol–water partition coefficient (Wildman–Crippen LogP) is 5.75. The molecule has 3 fully saturated rings. The molecule has 0 bridgehead atoms. The van der Waals surface area contributed by atoms with E-state index in [1.165, 1.54) is 70.6 Å². The van der Waals surface area contributed by atoms with Crippen molar-refractivity contribution in [1.82, 2.24) is 9.80 Å². The summed E-state index contributed by atoms with van der Waals surface area (Å²) in [6.45, 7) is 8.22. The number of rotatable bonds is 7. The van der Waals surface area contributed by atoms with Crippen molar-refractivity contribution in [2.24, 2.45) is 28.3 Å². The van der Waals surface area contributed by atoms with Crippen LogP contribution >= 0.6 is 0 Å². The molecule has 1 saturated heterocycles. The van der Waals surface area contributed by atoms with E-state index < -0.39 is 0 Å². The van der Waals surface area contributed by atoms with Crippen LogP contribution in [-0.2, 0) is 22.7 Å². The Morgan fingerprint density at radius 1 is 0.821 bits per heavy atom. The maximum atomic E-state index is 12.8. The van der Waals surface area contributed by atoms with Gasteiger partial charge in [-0.1, -0.05) is 116 Å². The number of hydrogen-bond donors (Lipinski definition) is 2. The van der Waals surface area contributed by atoms with Crippen LogP contribution in [-0.4, -0.2) is 46.2 Å². The number of likely N-dealkylation sites (tertiary alicyclic amines) is 1. The van der Waals surface area contributed by atoms with Gasteiger partial charge in [0.25, 0.3) is 5.91 Å². The van der Waals surface area contributed by atoms with Crippen molar-refractivity contribution in [3.63, 3.8) is 0 Å². The van der Waals surface area contributed by atoms with E-state index in [4.69, 9.17) is 11.5 Å². The van der Waals surface area contributed by atoms with Crippen LogP contribution in [0.15, 0.2) is 29.3 Å². The number of benzene rings is 1. The molecule has 4 N–H and O–H groups in total. The van der Waals surface area contributed by atoms with Gasteiger partial charge in [0.1, 0.15) is 12.1 Å². The lowest BCUT2D eigenvalue weighted by atomic mass is 9.85. The van der Waals surface area contributed by atoms with Crippen LogP contribution in [0.25, 0.3) is 0 Å². The highest BCUT2D eigenvalue weighted by Crippen LogP contribution is 2.29. The fourth-order valence-corrected chi connectivity index (χ4v) is 5.92. The van der Waals surface area contributed by atoms with Gasteiger partial charge in [-0.2, -0.15) is 0 Å². The summed E-state index contributed by atoms with van der Waals surface area (Å²) >= 11 is 0.